The minimum absolute atomic E-state index is 0.259. The van der Waals surface area contributed by atoms with Crippen LogP contribution in [0.15, 0.2) is 59.9 Å². The van der Waals surface area contributed by atoms with Gasteiger partial charge in [-0.25, -0.2) is 24.3 Å². The van der Waals surface area contributed by atoms with E-state index in [0.29, 0.717) is 39.4 Å². The molecule has 0 amide bonds. The number of anilines is 1. The number of aromatic nitrogens is 6. The highest BCUT2D eigenvalue weighted by Crippen LogP contribution is 2.28. The molecular weight excluding hydrogens is 397 g/mol. The van der Waals surface area contributed by atoms with Crippen LogP contribution in [0.4, 0.5) is 10.2 Å². The fourth-order valence-electron chi connectivity index (χ4n) is 3.73. The summed E-state index contributed by atoms with van der Waals surface area (Å²) in [4.78, 5) is 33.9. The molecule has 0 aliphatic heterocycles. The molecular formula is C22H18FN7O. The molecule has 4 aromatic heterocycles. The van der Waals surface area contributed by atoms with Crippen molar-refractivity contribution in [3.05, 3.63) is 82.7 Å². The molecule has 0 spiro atoms. The lowest BCUT2D eigenvalue weighted by molar-refractivity contribution is 0.628. The summed E-state index contributed by atoms with van der Waals surface area (Å²) in [6, 6.07) is 11.0. The van der Waals surface area contributed by atoms with Gasteiger partial charge in [0, 0.05) is 5.69 Å². The number of rotatable bonds is 4. The monoisotopic (exact) mass is 415 g/mol. The fraction of sp³-hybridized carbons (Fsp3) is 0.136. The number of aryl methyl sites for hydroxylation is 1. The van der Waals surface area contributed by atoms with Crippen LogP contribution in [0, 0.1) is 12.7 Å². The Labute approximate surface area is 175 Å². The van der Waals surface area contributed by atoms with Gasteiger partial charge in [0.05, 0.1) is 23.6 Å². The number of halogens is 1. The highest BCUT2D eigenvalue weighted by Gasteiger charge is 2.22. The van der Waals surface area contributed by atoms with E-state index >= 15 is 0 Å². The van der Waals surface area contributed by atoms with Crippen LogP contribution in [0.5, 0.6) is 0 Å². The number of fused-ring (bicyclic) bond motifs is 2. The minimum Gasteiger partial charge on any atom is -0.360 e. The van der Waals surface area contributed by atoms with E-state index in [1.807, 2.05) is 26.0 Å². The molecule has 5 rings (SSSR count). The first kappa shape index (κ1) is 18.9. The zero-order valence-corrected chi connectivity index (χ0v) is 16.8. The summed E-state index contributed by atoms with van der Waals surface area (Å²) in [5, 5.41) is 3.28. The van der Waals surface area contributed by atoms with Gasteiger partial charge in [-0.1, -0.05) is 18.2 Å². The van der Waals surface area contributed by atoms with Crippen LogP contribution in [0.2, 0.25) is 0 Å². The summed E-state index contributed by atoms with van der Waals surface area (Å²) in [6.45, 7) is 3.71. The topological polar surface area (TPSA) is 101 Å². The molecule has 8 nitrogen and oxygen atoms in total. The standard InChI is InChI=1S/C22H18FN7O/c1-12-5-3-8-16-29-18(13(2)28-21-19-20(25-10-24-19)26-11-27-21)17(22(31)30(12)16)14-6-4-7-15(23)9-14/h3-11,13H,1-2H3,(H2,24,25,26,27,28). The highest BCUT2D eigenvalue weighted by molar-refractivity contribution is 5.82. The Bertz CT molecular complexity index is 1490. The second kappa shape index (κ2) is 7.28. The molecule has 0 saturated carbocycles. The van der Waals surface area contributed by atoms with Crippen LogP contribution in [0.25, 0.3) is 27.9 Å². The maximum Gasteiger partial charge on any atom is 0.266 e. The smallest absolute Gasteiger partial charge is 0.266 e. The molecule has 0 aliphatic carbocycles. The Hall–Kier alpha value is -4.14. The van der Waals surface area contributed by atoms with Crippen molar-refractivity contribution in [1.82, 2.24) is 29.3 Å². The predicted octanol–water partition coefficient (Wildman–Crippen LogP) is 3.65. The molecule has 1 aromatic carbocycles. The number of nitrogens with one attached hydrogen (secondary N) is 2. The highest BCUT2D eigenvalue weighted by atomic mass is 19.1. The van der Waals surface area contributed by atoms with E-state index in [-0.39, 0.29) is 5.56 Å². The third kappa shape index (κ3) is 3.20. The molecule has 1 unspecified atom stereocenters. The summed E-state index contributed by atoms with van der Waals surface area (Å²) < 4.78 is 15.6. The van der Waals surface area contributed by atoms with E-state index < -0.39 is 11.9 Å². The Morgan fingerprint density at radius 1 is 1.13 bits per heavy atom. The van der Waals surface area contributed by atoms with Gasteiger partial charge >= 0.3 is 0 Å². The lowest BCUT2D eigenvalue weighted by atomic mass is 10.0. The lowest BCUT2D eigenvalue weighted by Gasteiger charge is -2.19. The second-order valence-electron chi connectivity index (χ2n) is 7.24. The minimum atomic E-state index is -0.425. The number of nitrogens with zero attached hydrogens (tertiary/aromatic N) is 5. The number of aromatic amines is 1. The molecule has 0 bridgehead atoms. The van der Waals surface area contributed by atoms with Gasteiger partial charge in [0.1, 0.15) is 23.3 Å². The molecule has 31 heavy (non-hydrogen) atoms. The third-order valence-electron chi connectivity index (χ3n) is 5.17. The van der Waals surface area contributed by atoms with E-state index in [1.54, 1.807) is 18.2 Å². The number of hydrogen-bond acceptors (Lipinski definition) is 6. The van der Waals surface area contributed by atoms with Crippen LogP contribution in [0.3, 0.4) is 0 Å². The van der Waals surface area contributed by atoms with Crippen molar-refractivity contribution in [2.45, 2.75) is 19.9 Å². The zero-order valence-electron chi connectivity index (χ0n) is 16.8. The van der Waals surface area contributed by atoms with Crippen molar-refractivity contribution in [3.8, 4) is 11.1 Å². The quantitative estimate of drug-likeness (QED) is 0.465. The van der Waals surface area contributed by atoms with Crippen molar-refractivity contribution >= 4 is 22.6 Å². The Morgan fingerprint density at radius 3 is 2.81 bits per heavy atom. The van der Waals surface area contributed by atoms with Crippen LogP contribution >= 0.6 is 0 Å². The average molecular weight is 415 g/mol. The van der Waals surface area contributed by atoms with Crippen LogP contribution in [-0.4, -0.2) is 29.3 Å². The summed E-state index contributed by atoms with van der Waals surface area (Å²) in [5.74, 6) is 0.0857. The van der Waals surface area contributed by atoms with Crippen LogP contribution in [0.1, 0.15) is 24.4 Å². The normalized spacial score (nSPS) is 12.4. The molecule has 0 saturated heterocycles. The molecule has 1 atom stereocenters. The Balaban J connectivity index is 1.72. The molecule has 0 aliphatic rings. The average Bonchev–Trinajstić information content (AvgIpc) is 3.23. The van der Waals surface area contributed by atoms with Gasteiger partial charge < -0.3 is 10.3 Å². The van der Waals surface area contributed by atoms with E-state index in [9.17, 15) is 9.18 Å². The van der Waals surface area contributed by atoms with Crippen molar-refractivity contribution in [2.24, 2.45) is 0 Å². The van der Waals surface area contributed by atoms with Gasteiger partial charge in [-0.15, -0.1) is 0 Å². The summed E-state index contributed by atoms with van der Waals surface area (Å²) >= 11 is 0. The van der Waals surface area contributed by atoms with E-state index in [2.05, 4.69) is 25.3 Å². The molecule has 9 heteroatoms. The fourth-order valence-corrected chi connectivity index (χ4v) is 3.73. The van der Waals surface area contributed by atoms with E-state index in [0.717, 1.165) is 5.69 Å². The maximum atomic E-state index is 14.0. The lowest BCUT2D eigenvalue weighted by Crippen LogP contribution is -2.24. The summed E-state index contributed by atoms with van der Waals surface area (Å²) in [5.41, 5.74) is 3.46. The number of imidazole rings is 1. The third-order valence-corrected chi connectivity index (χ3v) is 5.17. The van der Waals surface area contributed by atoms with E-state index in [4.69, 9.17) is 4.98 Å². The first-order chi connectivity index (χ1) is 15.0. The molecule has 2 N–H and O–H groups in total. The maximum absolute atomic E-state index is 14.0. The van der Waals surface area contributed by atoms with Gasteiger partial charge in [0.15, 0.2) is 11.5 Å². The number of benzene rings is 1. The van der Waals surface area contributed by atoms with Crippen molar-refractivity contribution in [1.29, 1.82) is 0 Å². The SMILES string of the molecule is Cc1cccc2nc(C(C)Nc3ncnc4[nH]cnc34)c(-c3cccc(F)c3)c(=O)n12. The molecule has 0 fully saturated rings. The molecule has 4 heterocycles. The first-order valence-corrected chi connectivity index (χ1v) is 9.72. The van der Waals surface area contributed by atoms with Gasteiger partial charge in [-0.3, -0.25) is 9.20 Å². The number of H-pyrrole nitrogens is 1. The Kier molecular flexibility index (Phi) is 4.43. The Morgan fingerprint density at radius 2 is 1.97 bits per heavy atom. The van der Waals surface area contributed by atoms with Gasteiger partial charge in [0.2, 0.25) is 0 Å². The first-order valence-electron chi connectivity index (χ1n) is 9.72. The molecule has 5 aromatic rings. The van der Waals surface area contributed by atoms with Gasteiger partial charge in [-0.2, -0.15) is 0 Å². The summed E-state index contributed by atoms with van der Waals surface area (Å²) in [7, 11) is 0. The summed E-state index contributed by atoms with van der Waals surface area (Å²) in [6.07, 6.45) is 2.96. The van der Waals surface area contributed by atoms with Crippen molar-refractivity contribution in [2.75, 3.05) is 5.32 Å². The zero-order chi connectivity index (χ0) is 21.5. The van der Waals surface area contributed by atoms with E-state index in [1.165, 1.54) is 29.2 Å². The van der Waals surface area contributed by atoms with Crippen molar-refractivity contribution in [3.63, 3.8) is 0 Å². The van der Waals surface area contributed by atoms with Crippen LogP contribution in [-0.2, 0) is 0 Å². The van der Waals surface area contributed by atoms with Crippen LogP contribution < -0.4 is 10.9 Å². The number of pyridine rings is 1. The largest absolute Gasteiger partial charge is 0.360 e. The molecule has 0 radical (unpaired) electrons. The molecule has 154 valence electrons. The van der Waals surface area contributed by atoms with Gasteiger partial charge in [0.25, 0.3) is 5.56 Å². The second-order valence-corrected chi connectivity index (χ2v) is 7.24. The predicted molar refractivity (Wildman–Crippen MR) is 115 cm³/mol. The van der Waals surface area contributed by atoms with Crippen molar-refractivity contribution < 1.29 is 4.39 Å². The number of hydrogen-bond donors (Lipinski definition) is 2. The van der Waals surface area contributed by atoms with Gasteiger partial charge in [-0.05, 0) is 43.7 Å².